The van der Waals surface area contributed by atoms with Gasteiger partial charge in [0.05, 0.1) is 12.1 Å². The first-order valence-electron chi connectivity index (χ1n) is 8.58. The van der Waals surface area contributed by atoms with Crippen molar-refractivity contribution in [2.75, 3.05) is 33.3 Å². The number of fused-ring (bicyclic) bond motifs is 1. The number of carbonyl (C=O) groups is 1. The highest BCUT2D eigenvalue weighted by molar-refractivity contribution is 5.92. The van der Waals surface area contributed by atoms with Crippen molar-refractivity contribution >= 4 is 5.91 Å². The van der Waals surface area contributed by atoms with Crippen molar-refractivity contribution in [2.24, 2.45) is 11.8 Å². The fourth-order valence-electron chi connectivity index (χ4n) is 4.16. The highest BCUT2D eigenvalue weighted by Gasteiger charge is 2.46. The van der Waals surface area contributed by atoms with Crippen LogP contribution in [-0.2, 0) is 4.74 Å². The van der Waals surface area contributed by atoms with Gasteiger partial charge < -0.3 is 14.5 Å². The first-order chi connectivity index (χ1) is 11.3. The summed E-state index contributed by atoms with van der Waals surface area (Å²) in [5.74, 6) is 1.32. The number of nitrogens with zero attached hydrogens (tertiary/aromatic N) is 4. The predicted molar refractivity (Wildman–Crippen MR) is 84.9 cm³/mol. The molecule has 0 bridgehead atoms. The summed E-state index contributed by atoms with van der Waals surface area (Å²) in [5.41, 5.74) is 0.496. The Bertz CT molecular complexity index is 563. The molecule has 3 atom stereocenters. The van der Waals surface area contributed by atoms with Gasteiger partial charge in [0.2, 0.25) is 0 Å². The summed E-state index contributed by atoms with van der Waals surface area (Å²) in [5, 5.41) is 0. The molecule has 2 saturated heterocycles. The summed E-state index contributed by atoms with van der Waals surface area (Å²) >= 11 is 0. The Morgan fingerprint density at radius 3 is 2.91 bits per heavy atom. The van der Waals surface area contributed by atoms with E-state index in [1.807, 2.05) is 4.90 Å². The Balaban J connectivity index is 1.52. The van der Waals surface area contributed by atoms with Crippen LogP contribution < -0.4 is 0 Å². The van der Waals surface area contributed by atoms with Gasteiger partial charge in [-0.2, -0.15) is 0 Å². The molecule has 1 aromatic heterocycles. The van der Waals surface area contributed by atoms with E-state index in [1.165, 1.54) is 25.7 Å². The number of methoxy groups -OCH3 is 1. The van der Waals surface area contributed by atoms with Gasteiger partial charge in [-0.15, -0.1) is 0 Å². The fraction of sp³-hybridized carbons (Fsp3) is 0.706. The van der Waals surface area contributed by atoms with Crippen LogP contribution in [0.1, 0.15) is 29.8 Å². The number of carbonyl (C=O) groups excluding carboxylic acids is 1. The molecule has 1 aromatic rings. The van der Waals surface area contributed by atoms with Crippen molar-refractivity contribution in [3.8, 4) is 0 Å². The van der Waals surface area contributed by atoms with Gasteiger partial charge in [0.15, 0.2) is 0 Å². The molecule has 3 fully saturated rings. The molecule has 6 nitrogen and oxygen atoms in total. The average Bonchev–Trinajstić information content (AvgIpc) is 3.30. The second-order valence-electron chi connectivity index (χ2n) is 7.05. The summed E-state index contributed by atoms with van der Waals surface area (Å²) in [4.78, 5) is 25.5. The molecule has 3 aliphatic rings. The van der Waals surface area contributed by atoms with E-state index in [4.69, 9.17) is 4.74 Å². The second kappa shape index (κ2) is 6.17. The van der Waals surface area contributed by atoms with Crippen LogP contribution in [-0.4, -0.2) is 71.1 Å². The van der Waals surface area contributed by atoms with Crippen LogP contribution >= 0.6 is 0 Å². The Morgan fingerprint density at radius 2 is 2.22 bits per heavy atom. The van der Waals surface area contributed by atoms with Crippen LogP contribution in [0.15, 0.2) is 18.6 Å². The SMILES string of the molecule is CO[C@@H]1CCN(C(=O)c2ccncn2)[C@H]2CN(CC3CC3)C[C@@H]12. The van der Waals surface area contributed by atoms with Crippen LogP contribution in [0.4, 0.5) is 0 Å². The van der Waals surface area contributed by atoms with Crippen molar-refractivity contribution in [1.29, 1.82) is 0 Å². The molecule has 4 rings (SSSR count). The molecule has 0 aromatic carbocycles. The van der Waals surface area contributed by atoms with Gasteiger partial charge in [-0.1, -0.05) is 0 Å². The minimum Gasteiger partial charge on any atom is -0.381 e. The smallest absolute Gasteiger partial charge is 0.272 e. The minimum absolute atomic E-state index is 0.0326. The Labute approximate surface area is 136 Å². The zero-order valence-corrected chi connectivity index (χ0v) is 13.6. The van der Waals surface area contributed by atoms with Crippen LogP contribution in [0.3, 0.4) is 0 Å². The quantitative estimate of drug-likeness (QED) is 0.831. The van der Waals surface area contributed by atoms with Gasteiger partial charge in [0.25, 0.3) is 5.91 Å². The summed E-state index contributed by atoms with van der Waals surface area (Å²) in [6, 6.07) is 1.95. The molecule has 6 heteroatoms. The Hall–Kier alpha value is -1.53. The zero-order valence-electron chi connectivity index (χ0n) is 13.6. The van der Waals surface area contributed by atoms with Crippen molar-refractivity contribution in [1.82, 2.24) is 19.8 Å². The number of aromatic nitrogens is 2. The molecule has 0 spiro atoms. The standard InChI is InChI=1S/C17H24N4O2/c1-23-16-5-7-21(17(22)14-4-6-18-11-19-14)15-10-20(9-13(15)16)8-12-2-3-12/h4,6,11-13,15-16H,2-3,5,7-10H2,1H3/t13-,15+,16-/m1/s1. The van der Waals surface area contributed by atoms with Crippen LogP contribution in [0, 0.1) is 11.8 Å². The van der Waals surface area contributed by atoms with E-state index in [1.54, 1.807) is 19.4 Å². The third-order valence-electron chi connectivity index (χ3n) is 5.52. The van der Waals surface area contributed by atoms with E-state index in [-0.39, 0.29) is 18.1 Å². The molecule has 1 saturated carbocycles. The second-order valence-corrected chi connectivity index (χ2v) is 7.05. The lowest BCUT2D eigenvalue weighted by molar-refractivity contribution is -0.0158. The molecule has 3 heterocycles. The monoisotopic (exact) mass is 316 g/mol. The predicted octanol–water partition coefficient (Wildman–Crippen LogP) is 1.05. The lowest BCUT2D eigenvalue weighted by Gasteiger charge is -2.40. The van der Waals surface area contributed by atoms with Gasteiger partial charge in [-0.05, 0) is 31.2 Å². The highest BCUT2D eigenvalue weighted by Crippen LogP contribution is 2.36. The fourth-order valence-corrected chi connectivity index (χ4v) is 4.16. The van der Waals surface area contributed by atoms with Crippen molar-refractivity contribution in [2.45, 2.75) is 31.4 Å². The van der Waals surface area contributed by atoms with E-state index < -0.39 is 0 Å². The summed E-state index contributed by atoms with van der Waals surface area (Å²) in [6.45, 7) is 3.95. The van der Waals surface area contributed by atoms with E-state index in [0.717, 1.165) is 32.0 Å². The molecule has 2 aliphatic heterocycles. The maximum Gasteiger partial charge on any atom is 0.272 e. The molecule has 0 radical (unpaired) electrons. The first-order valence-corrected chi connectivity index (χ1v) is 8.58. The Morgan fingerprint density at radius 1 is 1.35 bits per heavy atom. The molecular weight excluding hydrogens is 292 g/mol. The van der Waals surface area contributed by atoms with Crippen LogP contribution in [0.2, 0.25) is 0 Å². The molecule has 1 amide bonds. The lowest BCUT2D eigenvalue weighted by Crippen LogP contribution is -2.53. The third-order valence-corrected chi connectivity index (χ3v) is 5.52. The number of rotatable bonds is 4. The van der Waals surface area contributed by atoms with Crippen LogP contribution in [0.5, 0.6) is 0 Å². The van der Waals surface area contributed by atoms with E-state index in [2.05, 4.69) is 14.9 Å². The number of amides is 1. The van der Waals surface area contributed by atoms with Gasteiger partial charge in [0.1, 0.15) is 12.0 Å². The molecular formula is C17H24N4O2. The van der Waals surface area contributed by atoms with Crippen molar-refractivity contribution in [3.63, 3.8) is 0 Å². The minimum atomic E-state index is 0.0326. The van der Waals surface area contributed by atoms with Crippen LogP contribution in [0.25, 0.3) is 0 Å². The third kappa shape index (κ3) is 2.97. The molecule has 0 N–H and O–H groups in total. The topological polar surface area (TPSA) is 58.6 Å². The van der Waals surface area contributed by atoms with E-state index in [9.17, 15) is 4.79 Å². The maximum atomic E-state index is 12.9. The van der Waals surface area contributed by atoms with E-state index >= 15 is 0 Å². The van der Waals surface area contributed by atoms with Gasteiger partial charge in [-0.3, -0.25) is 4.79 Å². The number of piperidine rings is 1. The summed E-state index contributed by atoms with van der Waals surface area (Å²) in [7, 11) is 1.80. The van der Waals surface area contributed by atoms with Crippen molar-refractivity contribution < 1.29 is 9.53 Å². The number of hydrogen-bond donors (Lipinski definition) is 0. The normalized spacial score (nSPS) is 31.2. The summed E-state index contributed by atoms with van der Waals surface area (Å²) in [6.07, 6.45) is 6.98. The van der Waals surface area contributed by atoms with Crippen molar-refractivity contribution in [3.05, 3.63) is 24.3 Å². The van der Waals surface area contributed by atoms with Gasteiger partial charge in [-0.25, -0.2) is 9.97 Å². The number of likely N-dealkylation sites (tertiary alicyclic amines) is 2. The molecule has 23 heavy (non-hydrogen) atoms. The average molecular weight is 316 g/mol. The van der Waals surface area contributed by atoms with E-state index in [0.29, 0.717) is 11.6 Å². The molecule has 0 unspecified atom stereocenters. The summed E-state index contributed by atoms with van der Waals surface area (Å²) < 4.78 is 5.72. The zero-order chi connectivity index (χ0) is 15.8. The molecule has 1 aliphatic carbocycles. The lowest BCUT2D eigenvalue weighted by atomic mass is 9.88. The van der Waals surface area contributed by atoms with Gasteiger partial charge >= 0.3 is 0 Å². The van der Waals surface area contributed by atoms with Gasteiger partial charge in [0, 0.05) is 45.4 Å². The maximum absolute atomic E-state index is 12.9. The number of hydrogen-bond acceptors (Lipinski definition) is 5. The first kappa shape index (κ1) is 15.0. The number of ether oxygens (including phenoxy) is 1. The molecule has 124 valence electrons. The Kier molecular flexibility index (Phi) is 4.03. The highest BCUT2D eigenvalue weighted by atomic mass is 16.5. The largest absolute Gasteiger partial charge is 0.381 e.